The number of nitrogens with one attached hydrogen (secondary N) is 2. The van der Waals surface area contributed by atoms with Crippen molar-refractivity contribution in [1.82, 2.24) is 10.6 Å². The Morgan fingerprint density at radius 3 is 2.39 bits per heavy atom. The van der Waals surface area contributed by atoms with Crippen molar-refractivity contribution >= 4 is 5.91 Å². The topological polar surface area (TPSA) is 61.4 Å². The molecule has 18 heavy (non-hydrogen) atoms. The summed E-state index contributed by atoms with van der Waals surface area (Å²) in [6.07, 6.45) is -0.158. The highest BCUT2D eigenvalue weighted by Crippen LogP contribution is 2.27. The fourth-order valence-corrected chi connectivity index (χ4v) is 2.03. The summed E-state index contributed by atoms with van der Waals surface area (Å²) in [6, 6.07) is 0. The minimum atomic E-state index is -4.32. The smallest absolute Gasteiger partial charge is 0.388 e. The molecule has 1 fully saturated rings. The van der Waals surface area contributed by atoms with E-state index in [1.165, 1.54) is 0 Å². The first-order valence-electron chi connectivity index (χ1n) is 6.07. The van der Waals surface area contributed by atoms with Crippen molar-refractivity contribution in [1.29, 1.82) is 0 Å². The number of halogens is 3. The second kappa shape index (κ2) is 6.38. The van der Waals surface area contributed by atoms with Gasteiger partial charge < -0.3 is 15.7 Å². The van der Waals surface area contributed by atoms with Gasteiger partial charge in [-0.2, -0.15) is 13.2 Å². The molecule has 0 atom stereocenters. The predicted molar refractivity (Wildman–Crippen MR) is 60.0 cm³/mol. The fraction of sp³-hybridized carbons (Fsp3) is 0.909. The Morgan fingerprint density at radius 1 is 1.22 bits per heavy atom. The van der Waals surface area contributed by atoms with Crippen molar-refractivity contribution < 1.29 is 23.1 Å². The molecule has 1 aliphatic rings. The number of amides is 1. The Kier molecular flexibility index (Phi) is 5.40. The second-order valence-electron chi connectivity index (χ2n) is 4.78. The first-order valence-corrected chi connectivity index (χ1v) is 6.07. The molecule has 0 unspecified atom stereocenters. The Labute approximate surface area is 104 Å². The van der Waals surface area contributed by atoms with Crippen LogP contribution in [-0.2, 0) is 4.79 Å². The fourth-order valence-electron chi connectivity index (χ4n) is 2.03. The van der Waals surface area contributed by atoms with Crippen LogP contribution in [0.1, 0.15) is 32.1 Å². The molecule has 0 aromatic rings. The number of hydrogen-bond acceptors (Lipinski definition) is 3. The molecule has 1 aliphatic carbocycles. The van der Waals surface area contributed by atoms with Gasteiger partial charge in [-0.15, -0.1) is 0 Å². The lowest BCUT2D eigenvalue weighted by Gasteiger charge is -2.32. The monoisotopic (exact) mass is 268 g/mol. The Morgan fingerprint density at radius 2 is 1.83 bits per heavy atom. The lowest BCUT2D eigenvalue weighted by Crippen LogP contribution is -2.47. The van der Waals surface area contributed by atoms with Crippen LogP contribution in [0.2, 0.25) is 0 Å². The summed E-state index contributed by atoms with van der Waals surface area (Å²) < 4.78 is 35.4. The summed E-state index contributed by atoms with van der Waals surface area (Å²) >= 11 is 0. The molecule has 4 nitrogen and oxygen atoms in total. The van der Waals surface area contributed by atoms with Gasteiger partial charge in [-0.25, -0.2) is 0 Å². The number of carbonyl (C=O) groups excluding carboxylic acids is 1. The largest absolute Gasteiger partial charge is 0.401 e. The molecule has 1 amide bonds. The van der Waals surface area contributed by atoms with Crippen LogP contribution in [0, 0.1) is 0 Å². The Hall–Kier alpha value is -0.820. The third-order valence-corrected chi connectivity index (χ3v) is 3.01. The Balaban J connectivity index is 2.16. The maximum Gasteiger partial charge on any atom is 0.401 e. The van der Waals surface area contributed by atoms with Crippen molar-refractivity contribution in [2.24, 2.45) is 0 Å². The minimum absolute atomic E-state index is 0.111. The molecule has 1 rings (SSSR count). The number of alkyl halides is 3. The molecule has 0 heterocycles. The highest BCUT2D eigenvalue weighted by molar-refractivity contribution is 5.78. The van der Waals surface area contributed by atoms with Gasteiger partial charge in [-0.3, -0.25) is 4.79 Å². The molecule has 0 aromatic heterocycles. The average molecular weight is 268 g/mol. The molecular formula is C11H19F3N2O2. The zero-order valence-electron chi connectivity index (χ0n) is 10.1. The van der Waals surface area contributed by atoms with Gasteiger partial charge in [0.1, 0.15) is 0 Å². The molecule has 3 N–H and O–H groups in total. The maximum absolute atomic E-state index is 11.8. The quantitative estimate of drug-likeness (QED) is 0.695. The van der Waals surface area contributed by atoms with E-state index in [1.54, 1.807) is 0 Å². The zero-order chi connectivity index (χ0) is 13.6. The third-order valence-electron chi connectivity index (χ3n) is 3.01. The lowest BCUT2D eigenvalue weighted by molar-refractivity contribution is -0.129. The van der Waals surface area contributed by atoms with Crippen LogP contribution in [0.3, 0.4) is 0 Å². The highest BCUT2D eigenvalue weighted by atomic mass is 19.4. The van der Waals surface area contributed by atoms with Gasteiger partial charge in [-0.1, -0.05) is 19.3 Å². The molecule has 0 radical (unpaired) electrons. The number of rotatable bonds is 5. The molecular weight excluding hydrogens is 249 g/mol. The van der Waals surface area contributed by atoms with Gasteiger partial charge in [0.05, 0.1) is 18.7 Å². The summed E-state index contributed by atoms with van der Waals surface area (Å²) in [7, 11) is 0. The standard InChI is InChI=1S/C11H19F3N2O2/c12-11(13,14)8-15-6-9(17)16-7-10(18)4-2-1-3-5-10/h15,18H,1-8H2,(H,16,17). The van der Waals surface area contributed by atoms with Crippen LogP contribution in [-0.4, -0.2) is 42.4 Å². The summed E-state index contributed by atoms with van der Waals surface area (Å²) in [5, 5.41) is 14.5. The van der Waals surface area contributed by atoms with Gasteiger partial charge in [0, 0.05) is 6.54 Å². The van der Waals surface area contributed by atoms with E-state index in [4.69, 9.17) is 0 Å². The van der Waals surface area contributed by atoms with Gasteiger partial charge >= 0.3 is 6.18 Å². The Bertz CT molecular complexity index is 276. The lowest BCUT2D eigenvalue weighted by atomic mass is 9.85. The van der Waals surface area contributed by atoms with E-state index in [0.717, 1.165) is 19.3 Å². The van der Waals surface area contributed by atoms with E-state index in [1.807, 2.05) is 5.32 Å². The molecule has 1 saturated carbocycles. The molecule has 0 aromatic carbocycles. The van der Waals surface area contributed by atoms with Crippen molar-refractivity contribution in [2.75, 3.05) is 19.6 Å². The van der Waals surface area contributed by atoms with Crippen molar-refractivity contribution in [3.8, 4) is 0 Å². The highest BCUT2D eigenvalue weighted by Gasteiger charge is 2.30. The average Bonchev–Trinajstić information content (AvgIpc) is 2.26. The molecule has 106 valence electrons. The normalized spacial score (nSPS) is 19.6. The summed E-state index contributed by atoms with van der Waals surface area (Å²) in [6.45, 7) is -1.47. The van der Waals surface area contributed by atoms with E-state index < -0.39 is 30.8 Å². The van der Waals surface area contributed by atoms with Crippen LogP contribution in [0.15, 0.2) is 0 Å². The van der Waals surface area contributed by atoms with E-state index in [2.05, 4.69) is 5.32 Å². The number of carbonyl (C=O) groups is 1. The molecule has 0 saturated heterocycles. The van der Waals surface area contributed by atoms with Gasteiger partial charge in [0.2, 0.25) is 5.91 Å². The molecule has 0 bridgehead atoms. The van der Waals surface area contributed by atoms with E-state index >= 15 is 0 Å². The SMILES string of the molecule is O=C(CNCC(F)(F)F)NCC1(O)CCCCC1. The minimum Gasteiger partial charge on any atom is -0.388 e. The summed E-state index contributed by atoms with van der Waals surface area (Å²) in [5.41, 5.74) is -0.891. The van der Waals surface area contributed by atoms with Crippen LogP contribution in [0.4, 0.5) is 13.2 Å². The van der Waals surface area contributed by atoms with Crippen molar-refractivity contribution in [3.05, 3.63) is 0 Å². The molecule has 7 heteroatoms. The van der Waals surface area contributed by atoms with Crippen LogP contribution in [0.5, 0.6) is 0 Å². The van der Waals surface area contributed by atoms with Crippen LogP contribution >= 0.6 is 0 Å². The third kappa shape index (κ3) is 6.20. The summed E-state index contributed by atoms with van der Waals surface area (Å²) in [4.78, 5) is 11.3. The predicted octanol–water partition coefficient (Wildman–Crippen LogP) is 0.950. The molecule has 0 spiro atoms. The number of aliphatic hydroxyl groups is 1. The zero-order valence-corrected chi connectivity index (χ0v) is 10.1. The first kappa shape index (κ1) is 15.2. The summed E-state index contributed by atoms with van der Waals surface area (Å²) in [5.74, 6) is -0.529. The van der Waals surface area contributed by atoms with Gasteiger partial charge in [0.15, 0.2) is 0 Å². The van der Waals surface area contributed by atoms with Gasteiger partial charge in [-0.05, 0) is 12.8 Å². The van der Waals surface area contributed by atoms with Crippen LogP contribution < -0.4 is 10.6 Å². The maximum atomic E-state index is 11.8. The van der Waals surface area contributed by atoms with Crippen molar-refractivity contribution in [3.63, 3.8) is 0 Å². The van der Waals surface area contributed by atoms with Crippen LogP contribution in [0.25, 0.3) is 0 Å². The van der Waals surface area contributed by atoms with E-state index in [0.29, 0.717) is 12.8 Å². The van der Waals surface area contributed by atoms with Crippen molar-refractivity contribution in [2.45, 2.75) is 43.9 Å². The first-order chi connectivity index (χ1) is 8.31. The van der Waals surface area contributed by atoms with E-state index in [9.17, 15) is 23.1 Å². The second-order valence-corrected chi connectivity index (χ2v) is 4.78. The number of hydrogen-bond donors (Lipinski definition) is 3. The van der Waals surface area contributed by atoms with E-state index in [-0.39, 0.29) is 6.54 Å². The molecule has 0 aliphatic heterocycles. The van der Waals surface area contributed by atoms with Gasteiger partial charge in [0.25, 0.3) is 0 Å².